The van der Waals surface area contributed by atoms with E-state index in [1.54, 1.807) is 18.2 Å². The Balaban J connectivity index is 1.76. The molecule has 0 aliphatic carbocycles. The first kappa shape index (κ1) is 14.9. The molecule has 22 heavy (non-hydrogen) atoms. The molecule has 0 fully saturated rings. The number of aryl methyl sites for hydroxylation is 1. The number of halogens is 2. The quantitative estimate of drug-likeness (QED) is 0.727. The van der Waals surface area contributed by atoms with Crippen LogP contribution in [-0.4, -0.2) is 10.5 Å². The highest BCUT2D eigenvalue weighted by Crippen LogP contribution is 2.25. The molecule has 112 valence electrons. The number of carbonyl (C=O) groups is 1. The van der Waals surface area contributed by atoms with E-state index in [0.717, 1.165) is 10.9 Å². The first-order valence-corrected chi connectivity index (χ1v) is 7.59. The number of anilines is 1. The Morgan fingerprint density at radius 2 is 1.91 bits per heavy atom. The van der Waals surface area contributed by atoms with Crippen LogP contribution in [0.2, 0.25) is 10.0 Å². The molecule has 0 bridgehead atoms. The maximum absolute atomic E-state index is 12.2. The summed E-state index contributed by atoms with van der Waals surface area (Å²) in [6.45, 7) is 2.29. The number of nitrogens with zero attached hydrogens (tertiary/aromatic N) is 1. The van der Waals surface area contributed by atoms with Gasteiger partial charge in [0.1, 0.15) is 6.54 Å². The van der Waals surface area contributed by atoms with Crippen LogP contribution < -0.4 is 5.32 Å². The number of carbonyl (C=O) groups excluding carboxylic acids is 1. The maximum Gasteiger partial charge on any atom is 0.244 e. The highest BCUT2D eigenvalue weighted by Gasteiger charge is 2.08. The largest absolute Gasteiger partial charge is 0.338 e. The van der Waals surface area contributed by atoms with Crippen molar-refractivity contribution in [2.45, 2.75) is 13.5 Å². The smallest absolute Gasteiger partial charge is 0.244 e. The molecule has 1 heterocycles. The lowest BCUT2D eigenvalue weighted by Crippen LogP contribution is -2.18. The highest BCUT2D eigenvalue weighted by atomic mass is 35.5. The summed E-state index contributed by atoms with van der Waals surface area (Å²) in [4.78, 5) is 12.2. The van der Waals surface area contributed by atoms with Gasteiger partial charge in [0, 0.05) is 17.4 Å². The molecule has 1 aromatic heterocycles. The average Bonchev–Trinajstić information content (AvgIpc) is 2.85. The van der Waals surface area contributed by atoms with Crippen LogP contribution >= 0.6 is 23.2 Å². The zero-order chi connectivity index (χ0) is 15.7. The molecule has 0 atom stereocenters. The standard InChI is InChI=1S/C17H14Cl2N2O/c1-11-2-5-16-12(8-11)6-7-21(16)10-17(22)20-13-3-4-14(18)15(19)9-13/h2-9H,10H2,1H3,(H,20,22). The zero-order valence-corrected chi connectivity index (χ0v) is 13.4. The Labute approximate surface area is 138 Å². The summed E-state index contributed by atoms with van der Waals surface area (Å²) < 4.78 is 1.92. The summed E-state index contributed by atoms with van der Waals surface area (Å²) in [5.74, 6) is -0.114. The molecule has 2 aromatic carbocycles. The van der Waals surface area contributed by atoms with Gasteiger partial charge in [-0.05, 0) is 48.7 Å². The monoisotopic (exact) mass is 332 g/mol. The van der Waals surface area contributed by atoms with E-state index in [4.69, 9.17) is 23.2 Å². The highest BCUT2D eigenvalue weighted by molar-refractivity contribution is 6.42. The molecule has 3 aromatic rings. The summed E-state index contributed by atoms with van der Waals surface area (Å²) in [5.41, 5.74) is 2.87. The van der Waals surface area contributed by atoms with Crippen LogP contribution in [-0.2, 0) is 11.3 Å². The van der Waals surface area contributed by atoms with Gasteiger partial charge in [0.15, 0.2) is 0 Å². The summed E-state index contributed by atoms with van der Waals surface area (Å²) in [5, 5.41) is 4.83. The van der Waals surface area contributed by atoms with Gasteiger partial charge in [0.2, 0.25) is 5.91 Å². The van der Waals surface area contributed by atoms with Gasteiger partial charge in [-0.1, -0.05) is 34.8 Å². The number of fused-ring (bicyclic) bond motifs is 1. The van der Waals surface area contributed by atoms with E-state index in [1.807, 2.05) is 35.9 Å². The van der Waals surface area contributed by atoms with Crippen LogP contribution in [0, 0.1) is 6.92 Å². The molecule has 1 N–H and O–H groups in total. The van der Waals surface area contributed by atoms with Crippen molar-refractivity contribution in [3.05, 3.63) is 64.3 Å². The van der Waals surface area contributed by atoms with E-state index in [1.165, 1.54) is 5.56 Å². The predicted molar refractivity (Wildman–Crippen MR) is 91.8 cm³/mol. The Kier molecular flexibility index (Phi) is 4.10. The van der Waals surface area contributed by atoms with Crippen LogP contribution in [0.1, 0.15) is 5.56 Å². The summed E-state index contributed by atoms with van der Waals surface area (Å²) >= 11 is 11.8. The minimum Gasteiger partial charge on any atom is -0.338 e. The van der Waals surface area contributed by atoms with E-state index < -0.39 is 0 Å². The minimum absolute atomic E-state index is 0.114. The lowest BCUT2D eigenvalue weighted by molar-refractivity contribution is -0.116. The van der Waals surface area contributed by atoms with Gasteiger partial charge >= 0.3 is 0 Å². The van der Waals surface area contributed by atoms with Gasteiger partial charge in [-0.3, -0.25) is 4.79 Å². The van der Waals surface area contributed by atoms with Crippen LogP contribution in [0.25, 0.3) is 10.9 Å². The molecule has 0 saturated heterocycles. The molecular formula is C17H14Cl2N2O. The van der Waals surface area contributed by atoms with Gasteiger partial charge in [-0.2, -0.15) is 0 Å². The van der Waals surface area contributed by atoms with Crippen LogP contribution in [0.15, 0.2) is 48.7 Å². The minimum atomic E-state index is -0.114. The molecule has 5 heteroatoms. The molecule has 0 radical (unpaired) electrons. The topological polar surface area (TPSA) is 34.0 Å². The number of benzene rings is 2. The third kappa shape index (κ3) is 3.11. The maximum atomic E-state index is 12.2. The molecule has 3 rings (SSSR count). The van der Waals surface area contributed by atoms with Gasteiger partial charge in [0.05, 0.1) is 10.0 Å². The van der Waals surface area contributed by atoms with Crippen molar-refractivity contribution in [2.24, 2.45) is 0 Å². The van der Waals surface area contributed by atoms with Crippen molar-refractivity contribution in [3.8, 4) is 0 Å². The Morgan fingerprint density at radius 1 is 1.09 bits per heavy atom. The fourth-order valence-corrected chi connectivity index (χ4v) is 2.68. The normalized spacial score (nSPS) is 10.9. The Bertz CT molecular complexity index is 855. The second kappa shape index (κ2) is 6.03. The molecule has 3 nitrogen and oxygen atoms in total. The number of amides is 1. The molecule has 1 amide bonds. The third-order valence-corrected chi connectivity index (χ3v) is 4.18. The number of aromatic nitrogens is 1. The van der Waals surface area contributed by atoms with Crippen LogP contribution in [0.3, 0.4) is 0 Å². The van der Waals surface area contributed by atoms with E-state index in [-0.39, 0.29) is 12.5 Å². The van der Waals surface area contributed by atoms with E-state index in [2.05, 4.69) is 11.4 Å². The number of rotatable bonds is 3. The summed E-state index contributed by atoms with van der Waals surface area (Å²) in [6, 6.07) is 13.2. The summed E-state index contributed by atoms with van der Waals surface area (Å²) in [6.07, 6.45) is 1.92. The van der Waals surface area contributed by atoms with Gasteiger partial charge in [0.25, 0.3) is 0 Å². The predicted octanol–water partition coefficient (Wildman–Crippen LogP) is 4.90. The van der Waals surface area contributed by atoms with Crippen molar-refractivity contribution < 1.29 is 4.79 Å². The molecular weight excluding hydrogens is 319 g/mol. The molecule has 0 spiro atoms. The van der Waals surface area contributed by atoms with Gasteiger partial charge in [-0.15, -0.1) is 0 Å². The number of nitrogens with one attached hydrogen (secondary N) is 1. The van der Waals surface area contributed by atoms with Crippen LogP contribution in [0.5, 0.6) is 0 Å². The number of hydrogen-bond acceptors (Lipinski definition) is 1. The Hall–Kier alpha value is -1.97. The first-order valence-electron chi connectivity index (χ1n) is 6.83. The molecule has 0 aliphatic heterocycles. The first-order chi connectivity index (χ1) is 10.5. The van der Waals surface area contributed by atoms with Crippen molar-refractivity contribution >= 4 is 45.7 Å². The Morgan fingerprint density at radius 3 is 2.68 bits per heavy atom. The lowest BCUT2D eigenvalue weighted by Gasteiger charge is -2.08. The molecule has 0 unspecified atom stereocenters. The van der Waals surface area contributed by atoms with Gasteiger partial charge in [-0.25, -0.2) is 0 Å². The van der Waals surface area contributed by atoms with E-state index in [0.29, 0.717) is 15.7 Å². The fourth-order valence-electron chi connectivity index (χ4n) is 2.39. The fraction of sp³-hybridized carbons (Fsp3) is 0.118. The average molecular weight is 333 g/mol. The number of hydrogen-bond donors (Lipinski definition) is 1. The summed E-state index contributed by atoms with van der Waals surface area (Å²) in [7, 11) is 0. The lowest BCUT2D eigenvalue weighted by atomic mass is 10.2. The van der Waals surface area contributed by atoms with Gasteiger partial charge < -0.3 is 9.88 Å². The van der Waals surface area contributed by atoms with E-state index >= 15 is 0 Å². The van der Waals surface area contributed by atoms with E-state index in [9.17, 15) is 4.79 Å². The van der Waals surface area contributed by atoms with Crippen molar-refractivity contribution in [3.63, 3.8) is 0 Å². The van der Waals surface area contributed by atoms with Crippen molar-refractivity contribution in [1.82, 2.24) is 4.57 Å². The molecule has 0 aliphatic rings. The second-order valence-corrected chi connectivity index (χ2v) is 6.00. The van der Waals surface area contributed by atoms with Crippen molar-refractivity contribution in [1.29, 1.82) is 0 Å². The third-order valence-electron chi connectivity index (χ3n) is 3.44. The second-order valence-electron chi connectivity index (χ2n) is 5.18. The molecule has 0 saturated carbocycles. The zero-order valence-electron chi connectivity index (χ0n) is 11.9. The van der Waals surface area contributed by atoms with Crippen molar-refractivity contribution in [2.75, 3.05) is 5.32 Å². The SMILES string of the molecule is Cc1ccc2c(ccn2CC(=O)Nc2ccc(Cl)c(Cl)c2)c1. The van der Waals surface area contributed by atoms with Crippen LogP contribution in [0.4, 0.5) is 5.69 Å².